The van der Waals surface area contributed by atoms with Crippen LogP contribution in [-0.2, 0) is 9.53 Å². The third-order valence-corrected chi connectivity index (χ3v) is 3.96. The van der Waals surface area contributed by atoms with Gasteiger partial charge in [-0.25, -0.2) is 0 Å². The monoisotopic (exact) mass is 286 g/mol. The summed E-state index contributed by atoms with van der Waals surface area (Å²) < 4.78 is 5.64. The summed E-state index contributed by atoms with van der Waals surface area (Å²) in [6, 6.07) is 0.407. The van der Waals surface area contributed by atoms with Gasteiger partial charge in [0.15, 0.2) is 0 Å². The van der Waals surface area contributed by atoms with Crippen molar-refractivity contribution >= 4 is 5.97 Å². The normalized spacial score (nSPS) is 18.1. The smallest absolute Gasteiger partial charge is 0.317 e. The van der Waals surface area contributed by atoms with Gasteiger partial charge >= 0.3 is 5.97 Å². The summed E-state index contributed by atoms with van der Waals surface area (Å²) in [5, 5.41) is 8.80. The fraction of sp³-hybridized carbons (Fsp3) is 0.933. The predicted molar refractivity (Wildman–Crippen MR) is 80.0 cm³/mol. The first-order chi connectivity index (χ1) is 9.49. The summed E-state index contributed by atoms with van der Waals surface area (Å²) in [7, 11) is 1.91. The molecule has 1 N–H and O–H groups in total. The summed E-state index contributed by atoms with van der Waals surface area (Å²) in [6.45, 7) is 9.31. The Labute approximate surface area is 122 Å². The molecule has 0 aromatic carbocycles. The van der Waals surface area contributed by atoms with Crippen molar-refractivity contribution in [2.24, 2.45) is 5.92 Å². The average molecular weight is 286 g/mol. The van der Waals surface area contributed by atoms with E-state index < -0.39 is 5.97 Å². The van der Waals surface area contributed by atoms with E-state index in [1.54, 1.807) is 0 Å². The fourth-order valence-electron chi connectivity index (χ4n) is 2.54. The Morgan fingerprint density at radius 2 is 2.00 bits per heavy atom. The van der Waals surface area contributed by atoms with Gasteiger partial charge in [0.2, 0.25) is 0 Å². The molecular formula is C15H30N2O3. The number of rotatable bonds is 9. The number of carboxylic acids is 1. The maximum atomic E-state index is 10.7. The van der Waals surface area contributed by atoms with Crippen LogP contribution in [0, 0.1) is 5.92 Å². The number of nitrogens with zero attached hydrogens (tertiary/aromatic N) is 2. The molecule has 0 aliphatic carbocycles. The maximum Gasteiger partial charge on any atom is 0.317 e. The van der Waals surface area contributed by atoms with Crippen LogP contribution in [0.2, 0.25) is 0 Å². The molecule has 0 unspecified atom stereocenters. The second-order valence-electron chi connectivity index (χ2n) is 6.18. The van der Waals surface area contributed by atoms with Crippen molar-refractivity contribution in [3.63, 3.8) is 0 Å². The first-order valence-corrected chi connectivity index (χ1v) is 7.71. The van der Waals surface area contributed by atoms with E-state index in [0.717, 1.165) is 52.1 Å². The molecular weight excluding hydrogens is 256 g/mol. The number of likely N-dealkylation sites (tertiary alicyclic amines) is 1. The van der Waals surface area contributed by atoms with E-state index in [9.17, 15) is 4.79 Å². The highest BCUT2D eigenvalue weighted by atomic mass is 16.5. The SMILES string of the molecule is CC(C)CCOCCN1CCC(N(C)CC(=O)O)CC1. The van der Waals surface area contributed by atoms with Crippen molar-refractivity contribution in [2.45, 2.75) is 39.2 Å². The maximum absolute atomic E-state index is 10.7. The number of carbonyl (C=O) groups is 1. The van der Waals surface area contributed by atoms with Gasteiger partial charge in [-0.1, -0.05) is 13.8 Å². The lowest BCUT2D eigenvalue weighted by Crippen LogP contribution is -2.45. The second kappa shape index (κ2) is 9.32. The number of hydrogen-bond acceptors (Lipinski definition) is 4. The van der Waals surface area contributed by atoms with Gasteiger partial charge in [0.1, 0.15) is 0 Å². The molecule has 1 saturated heterocycles. The van der Waals surface area contributed by atoms with Crippen molar-refractivity contribution in [2.75, 3.05) is 46.4 Å². The number of piperidine rings is 1. The van der Waals surface area contributed by atoms with E-state index in [1.165, 1.54) is 0 Å². The Bertz CT molecular complexity index is 276. The summed E-state index contributed by atoms with van der Waals surface area (Å²) in [4.78, 5) is 15.1. The molecule has 1 aliphatic heterocycles. The largest absolute Gasteiger partial charge is 0.480 e. The van der Waals surface area contributed by atoms with Crippen LogP contribution < -0.4 is 0 Å². The van der Waals surface area contributed by atoms with E-state index in [0.29, 0.717) is 12.0 Å². The molecule has 20 heavy (non-hydrogen) atoms. The number of hydrogen-bond donors (Lipinski definition) is 1. The molecule has 1 aliphatic rings. The van der Waals surface area contributed by atoms with E-state index in [2.05, 4.69) is 18.7 Å². The molecule has 1 heterocycles. The Morgan fingerprint density at radius 1 is 1.35 bits per heavy atom. The van der Waals surface area contributed by atoms with Crippen molar-refractivity contribution in [1.29, 1.82) is 0 Å². The fourth-order valence-corrected chi connectivity index (χ4v) is 2.54. The van der Waals surface area contributed by atoms with Crippen molar-refractivity contribution in [3.8, 4) is 0 Å². The third-order valence-electron chi connectivity index (χ3n) is 3.96. The summed E-state index contributed by atoms with van der Waals surface area (Å²) in [5.41, 5.74) is 0. The molecule has 0 aromatic rings. The number of likely N-dealkylation sites (N-methyl/N-ethyl adjacent to an activating group) is 1. The molecule has 5 nitrogen and oxygen atoms in total. The molecule has 118 valence electrons. The van der Waals surface area contributed by atoms with Gasteiger partial charge in [-0.2, -0.15) is 0 Å². The van der Waals surface area contributed by atoms with Crippen LogP contribution in [0.25, 0.3) is 0 Å². The Morgan fingerprint density at radius 3 is 2.55 bits per heavy atom. The predicted octanol–water partition coefficient (Wildman–Crippen LogP) is 1.53. The van der Waals surface area contributed by atoms with Gasteiger partial charge in [-0.15, -0.1) is 0 Å². The van der Waals surface area contributed by atoms with Gasteiger partial charge in [-0.05, 0) is 45.3 Å². The minimum absolute atomic E-state index is 0.142. The summed E-state index contributed by atoms with van der Waals surface area (Å²) in [6.07, 6.45) is 3.23. The molecule has 0 radical (unpaired) electrons. The minimum atomic E-state index is -0.742. The quantitative estimate of drug-likeness (QED) is 0.652. The molecule has 0 atom stereocenters. The number of aliphatic carboxylic acids is 1. The van der Waals surface area contributed by atoms with Gasteiger partial charge in [-0.3, -0.25) is 9.69 Å². The zero-order valence-corrected chi connectivity index (χ0v) is 13.2. The van der Waals surface area contributed by atoms with Crippen LogP contribution >= 0.6 is 0 Å². The lowest BCUT2D eigenvalue weighted by Gasteiger charge is -2.36. The van der Waals surface area contributed by atoms with Crippen LogP contribution in [0.15, 0.2) is 0 Å². The second-order valence-corrected chi connectivity index (χ2v) is 6.18. The number of ether oxygens (including phenoxy) is 1. The van der Waals surface area contributed by atoms with E-state index in [-0.39, 0.29) is 6.54 Å². The molecule has 0 spiro atoms. The van der Waals surface area contributed by atoms with Crippen molar-refractivity contribution in [3.05, 3.63) is 0 Å². The highest BCUT2D eigenvalue weighted by Crippen LogP contribution is 2.14. The highest BCUT2D eigenvalue weighted by molar-refractivity contribution is 5.69. The zero-order chi connectivity index (χ0) is 15.0. The van der Waals surface area contributed by atoms with Gasteiger partial charge < -0.3 is 14.7 Å². The van der Waals surface area contributed by atoms with Crippen LogP contribution in [0.1, 0.15) is 33.1 Å². The molecule has 1 fully saturated rings. The van der Waals surface area contributed by atoms with Gasteiger partial charge in [0.25, 0.3) is 0 Å². The van der Waals surface area contributed by atoms with Crippen LogP contribution in [-0.4, -0.2) is 73.4 Å². The molecule has 1 rings (SSSR count). The lowest BCUT2D eigenvalue weighted by molar-refractivity contribution is -0.138. The van der Waals surface area contributed by atoms with Crippen LogP contribution in [0.3, 0.4) is 0 Å². The van der Waals surface area contributed by atoms with E-state index in [4.69, 9.17) is 9.84 Å². The van der Waals surface area contributed by atoms with E-state index >= 15 is 0 Å². The van der Waals surface area contributed by atoms with Crippen LogP contribution in [0.5, 0.6) is 0 Å². The Kier molecular flexibility index (Phi) is 8.11. The summed E-state index contributed by atoms with van der Waals surface area (Å²) in [5.74, 6) is -0.0380. The lowest BCUT2D eigenvalue weighted by atomic mass is 10.0. The zero-order valence-electron chi connectivity index (χ0n) is 13.2. The first kappa shape index (κ1) is 17.4. The summed E-state index contributed by atoms with van der Waals surface area (Å²) >= 11 is 0. The molecule has 0 amide bonds. The number of carboxylic acid groups (broad SMARTS) is 1. The molecule has 5 heteroatoms. The Balaban J connectivity index is 2.08. The minimum Gasteiger partial charge on any atom is -0.480 e. The highest BCUT2D eigenvalue weighted by Gasteiger charge is 2.23. The molecule has 0 saturated carbocycles. The first-order valence-electron chi connectivity index (χ1n) is 7.71. The topological polar surface area (TPSA) is 53.0 Å². The Hall–Kier alpha value is -0.650. The molecule has 0 aromatic heterocycles. The van der Waals surface area contributed by atoms with Crippen molar-refractivity contribution in [1.82, 2.24) is 9.80 Å². The van der Waals surface area contributed by atoms with Gasteiger partial charge in [0, 0.05) is 19.2 Å². The molecule has 0 bridgehead atoms. The average Bonchev–Trinajstić information content (AvgIpc) is 2.38. The van der Waals surface area contributed by atoms with Crippen molar-refractivity contribution < 1.29 is 14.6 Å². The third kappa shape index (κ3) is 7.22. The van der Waals surface area contributed by atoms with Gasteiger partial charge in [0.05, 0.1) is 13.2 Å². The standard InChI is InChI=1S/C15H30N2O3/c1-13(2)6-10-20-11-9-17-7-4-14(5-8-17)16(3)12-15(18)19/h13-14H,4-12H2,1-3H3,(H,18,19). The van der Waals surface area contributed by atoms with Crippen LogP contribution in [0.4, 0.5) is 0 Å². The van der Waals surface area contributed by atoms with E-state index in [1.807, 2.05) is 11.9 Å².